The van der Waals surface area contributed by atoms with Gasteiger partial charge in [0.1, 0.15) is 0 Å². The van der Waals surface area contributed by atoms with Crippen molar-refractivity contribution in [2.45, 2.75) is 64.8 Å². The van der Waals surface area contributed by atoms with E-state index in [0.29, 0.717) is 31.9 Å². The number of guanidine groups is 1. The molecule has 0 aromatic carbocycles. The molecule has 1 aromatic heterocycles. The summed E-state index contributed by atoms with van der Waals surface area (Å²) < 4.78 is 40.2. The molecule has 0 radical (unpaired) electrons. The van der Waals surface area contributed by atoms with Gasteiger partial charge in [-0.1, -0.05) is 26.7 Å². The van der Waals surface area contributed by atoms with Crippen LogP contribution in [0.2, 0.25) is 0 Å². The first-order valence-electron chi connectivity index (χ1n) is 8.99. The van der Waals surface area contributed by atoms with Crippen LogP contribution < -0.4 is 10.6 Å². The number of hydrogen-bond donors (Lipinski definition) is 3. The summed E-state index contributed by atoms with van der Waals surface area (Å²) in [6.07, 6.45) is -0.212. The molecule has 0 spiro atoms. The lowest BCUT2D eigenvalue weighted by Gasteiger charge is -2.28. The van der Waals surface area contributed by atoms with Crippen LogP contribution in [-0.4, -0.2) is 39.5 Å². The van der Waals surface area contributed by atoms with Crippen LogP contribution in [0.25, 0.3) is 0 Å². The predicted octanol–water partition coefficient (Wildman–Crippen LogP) is 3.44. The quantitative estimate of drug-likeness (QED) is 0.273. The van der Waals surface area contributed by atoms with E-state index in [-0.39, 0.29) is 36.1 Å². The van der Waals surface area contributed by atoms with E-state index in [1.165, 1.54) is 13.2 Å². The zero-order valence-corrected chi connectivity index (χ0v) is 18.7. The smallest absolute Gasteiger partial charge is 0.388 e. The van der Waals surface area contributed by atoms with E-state index < -0.39 is 17.5 Å². The van der Waals surface area contributed by atoms with Gasteiger partial charge < -0.3 is 15.7 Å². The van der Waals surface area contributed by atoms with Crippen molar-refractivity contribution in [3.63, 3.8) is 0 Å². The molecule has 1 heterocycles. The number of hydrogen-bond acceptors (Lipinski definition) is 3. The molecule has 6 nitrogen and oxygen atoms in total. The molecule has 0 saturated carbocycles. The van der Waals surface area contributed by atoms with E-state index >= 15 is 0 Å². The molecule has 0 fully saturated rings. The molecule has 0 amide bonds. The average molecular weight is 505 g/mol. The number of aromatic nitrogens is 2. The van der Waals surface area contributed by atoms with Crippen LogP contribution in [0, 0.1) is 0 Å². The highest BCUT2D eigenvalue weighted by Crippen LogP contribution is 2.30. The van der Waals surface area contributed by atoms with Crippen molar-refractivity contribution in [1.29, 1.82) is 0 Å². The van der Waals surface area contributed by atoms with Crippen LogP contribution in [0.3, 0.4) is 0 Å². The van der Waals surface area contributed by atoms with Crippen LogP contribution in [-0.2, 0) is 19.8 Å². The minimum absolute atomic E-state index is 0. The molecule has 10 heteroatoms. The maximum absolute atomic E-state index is 13.0. The topological polar surface area (TPSA) is 74.5 Å². The van der Waals surface area contributed by atoms with Crippen LogP contribution in [0.5, 0.6) is 0 Å². The summed E-state index contributed by atoms with van der Waals surface area (Å²) in [6.45, 7) is 6.57. The van der Waals surface area contributed by atoms with Crippen molar-refractivity contribution < 1.29 is 18.3 Å². The average Bonchev–Trinajstić information content (AvgIpc) is 2.92. The van der Waals surface area contributed by atoms with Crippen LogP contribution in [0.4, 0.5) is 13.2 Å². The zero-order chi connectivity index (χ0) is 19.8. The first-order valence-corrected chi connectivity index (χ1v) is 8.99. The molecule has 0 aliphatic carbocycles. The highest BCUT2D eigenvalue weighted by Gasteiger charge is 2.36. The molecule has 3 N–H and O–H groups in total. The van der Waals surface area contributed by atoms with Crippen LogP contribution in [0.1, 0.15) is 57.7 Å². The van der Waals surface area contributed by atoms with Gasteiger partial charge in [-0.05, 0) is 19.8 Å². The number of aryl methyl sites for hydroxylation is 1. The number of rotatable bonds is 9. The Kier molecular flexibility index (Phi) is 11.3. The summed E-state index contributed by atoms with van der Waals surface area (Å²) in [5, 5.41) is 20.2. The molecular weight excluding hydrogens is 474 g/mol. The Labute approximate surface area is 176 Å². The molecule has 0 aliphatic heterocycles. The first-order chi connectivity index (χ1) is 12.1. The third-order valence-electron chi connectivity index (χ3n) is 3.94. The van der Waals surface area contributed by atoms with Crippen molar-refractivity contribution in [1.82, 2.24) is 20.4 Å². The van der Waals surface area contributed by atoms with Gasteiger partial charge >= 0.3 is 6.18 Å². The second-order valence-corrected chi connectivity index (χ2v) is 6.45. The van der Waals surface area contributed by atoms with Crippen LogP contribution in [0.15, 0.2) is 11.2 Å². The Balaban J connectivity index is 0.00000676. The Morgan fingerprint density at radius 3 is 2.26 bits per heavy atom. The summed E-state index contributed by atoms with van der Waals surface area (Å²) in [5.74, 6) is 0.370. The SMILES string of the molecule is CCCC(O)(CCC)CNC(=NCc1cn(C)nc1C(F)(F)F)NCC.I. The van der Waals surface area contributed by atoms with Gasteiger partial charge in [0.15, 0.2) is 11.7 Å². The molecular formula is C17H31F3IN5O. The summed E-state index contributed by atoms with van der Waals surface area (Å²) in [4.78, 5) is 4.22. The van der Waals surface area contributed by atoms with E-state index in [4.69, 9.17) is 0 Å². The molecule has 0 bridgehead atoms. The largest absolute Gasteiger partial charge is 0.435 e. The van der Waals surface area contributed by atoms with Crippen molar-refractivity contribution in [3.8, 4) is 0 Å². The zero-order valence-electron chi connectivity index (χ0n) is 16.4. The highest BCUT2D eigenvalue weighted by atomic mass is 127. The fraction of sp³-hybridized carbons (Fsp3) is 0.765. The van der Waals surface area contributed by atoms with Gasteiger partial charge in [0.25, 0.3) is 0 Å². The van der Waals surface area contributed by atoms with Crippen molar-refractivity contribution in [3.05, 3.63) is 17.5 Å². The predicted molar refractivity (Wildman–Crippen MR) is 111 cm³/mol. The van der Waals surface area contributed by atoms with Crippen molar-refractivity contribution >= 4 is 29.9 Å². The molecule has 1 rings (SSSR count). The van der Waals surface area contributed by atoms with Gasteiger partial charge in [-0.3, -0.25) is 4.68 Å². The van der Waals surface area contributed by atoms with Crippen LogP contribution >= 0.6 is 24.0 Å². The summed E-state index contributed by atoms with van der Waals surface area (Å²) >= 11 is 0. The Bertz CT molecular complexity index is 584. The lowest BCUT2D eigenvalue weighted by Crippen LogP contribution is -2.47. The Morgan fingerprint density at radius 2 is 1.78 bits per heavy atom. The number of halogens is 4. The number of nitrogens with zero attached hydrogens (tertiary/aromatic N) is 3. The lowest BCUT2D eigenvalue weighted by atomic mass is 9.93. The van der Waals surface area contributed by atoms with Gasteiger partial charge in [0.2, 0.25) is 0 Å². The minimum atomic E-state index is -4.51. The van der Waals surface area contributed by atoms with Crippen molar-refractivity contribution in [2.75, 3.05) is 13.1 Å². The highest BCUT2D eigenvalue weighted by molar-refractivity contribution is 14.0. The van der Waals surface area contributed by atoms with Crippen molar-refractivity contribution in [2.24, 2.45) is 12.0 Å². The third-order valence-corrected chi connectivity index (χ3v) is 3.94. The summed E-state index contributed by atoms with van der Waals surface area (Å²) in [6, 6.07) is 0. The van der Waals surface area contributed by atoms with E-state index in [2.05, 4.69) is 20.7 Å². The Hall–Kier alpha value is -1.04. The van der Waals surface area contributed by atoms with Gasteiger partial charge in [-0.2, -0.15) is 18.3 Å². The second-order valence-electron chi connectivity index (χ2n) is 6.45. The number of alkyl halides is 3. The van der Waals surface area contributed by atoms with Gasteiger partial charge in [-0.25, -0.2) is 4.99 Å². The fourth-order valence-electron chi connectivity index (χ4n) is 2.88. The first kappa shape index (κ1) is 26.0. The molecule has 158 valence electrons. The number of aliphatic hydroxyl groups is 1. The van der Waals surface area contributed by atoms with E-state index in [0.717, 1.165) is 17.5 Å². The molecule has 0 unspecified atom stereocenters. The van der Waals surface area contributed by atoms with Gasteiger partial charge in [-0.15, -0.1) is 24.0 Å². The summed E-state index contributed by atoms with van der Waals surface area (Å²) in [7, 11) is 1.45. The molecule has 0 atom stereocenters. The number of nitrogens with one attached hydrogen (secondary N) is 2. The maximum Gasteiger partial charge on any atom is 0.435 e. The second kappa shape index (κ2) is 11.7. The van der Waals surface area contributed by atoms with Gasteiger partial charge in [0, 0.05) is 31.9 Å². The number of aliphatic imine (C=N–C) groups is 1. The Morgan fingerprint density at radius 1 is 1.19 bits per heavy atom. The monoisotopic (exact) mass is 505 g/mol. The third kappa shape index (κ3) is 8.67. The van der Waals surface area contributed by atoms with E-state index in [9.17, 15) is 18.3 Å². The normalized spacial score (nSPS) is 12.7. The molecule has 27 heavy (non-hydrogen) atoms. The fourth-order valence-corrected chi connectivity index (χ4v) is 2.88. The van der Waals surface area contributed by atoms with Gasteiger partial charge in [0.05, 0.1) is 12.1 Å². The van der Waals surface area contributed by atoms with E-state index in [1.807, 2.05) is 20.8 Å². The minimum Gasteiger partial charge on any atom is -0.388 e. The molecule has 1 aromatic rings. The standard InChI is InChI=1S/C17H30F3N5O.HI/c1-5-8-16(26,9-6-2)12-23-15(21-7-3)22-10-13-11-25(4)24-14(13)17(18,19)20;/h11,26H,5-10,12H2,1-4H3,(H2,21,22,23);1H. The molecule has 0 aliphatic rings. The lowest BCUT2D eigenvalue weighted by molar-refractivity contribution is -0.142. The maximum atomic E-state index is 13.0. The van der Waals surface area contributed by atoms with E-state index in [1.54, 1.807) is 0 Å². The molecule has 0 saturated heterocycles. The summed E-state index contributed by atoms with van der Waals surface area (Å²) in [5.41, 5.74) is -1.77.